The van der Waals surface area contributed by atoms with Gasteiger partial charge in [-0.15, -0.1) is 12.4 Å². The van der Waals surface area contributed by atoms with Crippen LogP contribution >= 0.6 is 12.4 Å². The quantitative estimate of drug-likeness (QED) is 0.673. The van der Waals surface area contributed by atoms with Gasteiger partial charge in [0.2, 0.25) is 10.0 Å². The summed E-state index contributed by atoms with van der Waals surface area (Å²) in [6.07, 6.45) is 1.91. The third-order valence-corrected chi connectivity index (χ3v) is 5.49. The van der Waals surface area contributed by atoms with Crippen molar-refractivity contribution in [3.05, 3.63) is 24.3 Å². The van der Waals surface area contributed by atoms with E-state index in [1.165, 1.54) is 0 Å². The van der Waals surface area contributed by atoms with Crippen molar-refractivity contribution in [2.45, 2.75) is 37.1 Å². The van der Waals surface area contributed by atoms with Gasteiger partial charge in [-0.1, -0.05) is 13.8 Å². The Morgan fingerprint density at radius 2 is 1.96 bits per heavy atom. The number of hydrogen-bond donors (Lipinski definition) is 2. The Labute approximate surface area is 157 Å². The molecule has 8 heteroatoms. The van der Waals surface area contributed by atoms with Gasteiger partial charge in [0.25, 0.3) is 0 Å². The normalized spacial score (nSPS) is 20.5. The van der Waals surface area contributed by atoms with E-state index in [0.29, 0.717) is 31.4 Å². The summed E-state index contributed by atoms with van der Waals surface area (Å²) >= 11 is 0. The van der Waals surface area contributed by atoms with Crippen molar-refractivity contribution < 1.29 is 17.9 Å². The molecule has 0 aliphatic carbocycles. The van der Waals surface area contributed by atoms with Crippen LogP contribution in [-0.2, 0) is 14.8 Å². The van der Waals surface area contributed by atoms with Gasteiger partial charge in [-0.25, -0.2) is 13.1 Å². The Bertz CT molecular complexity index is 614. The zero-order valence-corrected chi connectivity index (χ0v) is 16.7. The summed E-state index contributed by atoms with van der Waals surface area (Å²) in [6.45, 7) is 6.42. The third-order valence-electron chi connectivity index (χ3n) is 4.07. The topological polar surface area (TPSA) is 76.7 Å². The maximum Gasteiger partial charge on any atom is 0.240 e. The smallest absolute Gasteiger partial charge is 0.240 e. The second-order valence-electron chi connectivity index (χ2n) is 6.74. The highest BCUT2D eigenvalue weighted by Crippen LogP contribution is 2.21. The van der Waals surface area contributed by atoms with Crippen LogP contribution < -0.4 is 14.8 Å². The lowest BCUT2D eigenvalue weighted by atomic mass is 9.99. The number of hydrogen-bond acceptors (Lipinski definition) is 5. The van der Waals surface area contributed by atoms with Crippen LogP contribution in [0.4, 0.5) is 0 Å². The Hall–Kier alpha value is -0.860. The molecule has 1 fully saturated rings. The highest BCUT2D eigenvalue weighted by molar-refractivity contribution is 7.89. The first-order chi connectivity index (χ1) is 11.4. The molecule has 144 valence electrons. The molecule has 0 aromatic heterocycles. The molecule has 1 atom stereocenters. The van der Waals surface area contributed by atoms with Gasteiger partial charge in [-0.2, -0.15) is 0 Å². The van der Waals surface area contributed by atoms with Crippen molar-refractivity contribution in [2.75, 3.05) is 33.4 Å². The molecule has 6 nitrogen and oxygen atoms in total. The Balaban J connectivity index is 0.00000312. The SMILES string of the molecule is COCC1(CNS(=O)(=O)c2ccc(OCC(C)C)cc2)CCCN1.Cl. The minimum Gasteiger partial charge on any atom is -0.493 e. The van der Waals surface area contributed by atoms with Gasteiger partial charge in [-0.05, 0) is 49.6 Å². The lowest BCUT2D eigenvalue weighted by molar-refractivity contribution is 0.122. The minimum atomic E-state index is -3.55. The molecule has 1 saturated heterocycles. The molecular formula is C17H29ClN2O4S. The average molecular weight is 393 g/mol. The first-order valence-corrected chi connectivity index (χ1v) is 9.82. The molecule has 1 aromatic rings. The fourth-order valence-corrected chi connectivity index (χ4v) is 3.89. The summed E-state index contributed by atoms with van der Waals surface area (Å²) in [5.74, 6) is 1.10. The number of methoxy groups -OCH3 is 1. The zero-order chi connectivity index (χ0) is 17.6. The van der Waals surface area contributed by atoms with Crippen molar-refractivity contribution >= 4 is 22.4 Å². The molecular weight excluding hydrogens is 364 g/mol. The van der Waals surface area contributed by atoms with E-state index >= 15 is 0 Å². The van der Waals surface area contributed by atoms with E-state index in [4.69, 9.17) is 9.47 Å². The summed E-state index contributed by atoms with van der Waals surface area (Å²) in [6, 6.07) is 6.53. The molecule has 1 heterocycles. The molecule has 0 spiro atoms. The number of benzene rings is 1. The number of halogens is 1. The molecule has 0 bridgehead atoms. The summed E-state index contributed by atoms with van der Waals surface area (Å²) in [7, 11) is -1.92. The van der Waals surface area contributed by atoms with Gasteiger partial charge in [0.15, 0.2) is 0 Å². The van der Waals surface area contributed by atoms with Gasteiger partial charge in [0.05, 0.1) is 23.6 Å². The van der Waals surface area contributed by atoms with E-state index in [1.54, 1.807) is 31.4 Å². The molecule has 1 aromatic carbocycles. The first-order valence-electron chi connectivity index (χ1n) is 8.33. The predicted octanol–water partition coefficient (Wildman–Crippen LogP) is 2.19. The summed E-state index contributed by atoms with van der Waals surface area (Å²) in [4.78, 5) is 0.241. The highest BCUT2D eigenvalue weighted by Gasteiger charge is 2.34. The molecule has 0 radical (unpaired) electrons. The second-order valence-corrected chi connectivity index (χ2v) is 8.51. The Morgan fingerprint density at radius 1 is 1.28 bits per heavy atom. The lowest BCUT2D eigenvalue weighted by Gasteiger charge is -2.28. The zero-order valence-electron chi connectivity index (χ0n) is 15.1. The monoisotopic (exact) mass is 392 g/mol. The van der Waals surface area contributed by atoms with Gasteiger partial charge >= 0.3 is 0 Å². The van der Waals surface area contributed by atoms with Crippen LogP contribution in [0, 0.1) is 5.92 Å². The molecule has 2 rings (SSSR count). The maximum atomic E-state index is 12.5. The molecule has 1 aliphatic rings. The van der Waals surface area contributed by atoms with E-state index in [0.717, 1.165) is 19.4 Å². The molecule has 1 aliphatic heterocycles. The molecule has 0 saturated carbocycles. The first kappa shape index (κ1) is 22.2. The second kappa shape index (κ2) is 9.73. The van der Waals surface area contributed by atoms with Crippen molar-refractivity contribution in [3.63, 3.8) is 0 Å². The van der Waals surface area contributed by atoms with Crippen LogP contribution in [0.1, 0.15) is 26.7 Å². The van der Waals surface area contributed by atoms with Crippen LogP contribution in [0.3, 0.4) is 0 Å². The van der Waals surface area contributed by atoms with Gasteiger partial charge in [-0.3, -0.25) is 0 Å². The minimum absolute atomic E-state index is 0. The lowest BCUT2D eigenvalue weighted by Crippen LogP contribution is -2.52. The van der Waals surface area contributed by atoms with E-state index in [2.05, 4.69) is 23.9 Å². The fourth-order valence-electron chi connectivity index (χ4n) is 2.76. The Kier molecular flexibility index (Phi) is 8.63. The Morgan fingerprint density at radius 3 is 2.48 bits per heavy atom. The van der Waals surface area contributed by atoms with Gasteiger partial charge < -0.3 is 14.8 Å². The number of rotatable bonds is 9. The van der Waals surface area contributed by atoms with E-state index in [1.807, 2.05) is 0 Å². The van der Waals surface area contributed by atoms with Crippen molar-refractivity contribution in [2.24, 2.45) is 5.92 Å². The number of sulfonamides is 1. The van der Waals surface area contributed by atoms with Crippen molar-refractivity contribution in [1.82, 2.24) is 10.0 Å². The van der Waals surface area contributed by atoms with E-state index in [9.17, 15) is 8.42 Å². The highest BCUT2D eigenvalue weighted by atomic mass is 35.5. The largest absolute Gasteiger partial charge is 0.493 e. The summed E-state index contributed by atoms with van der Waals surface area (Å²) in [5.41, 5.74) is -0.317. The standard InChI is InChI=1S/C17H28N2O4S.ClH/c1-14(2)11-23-15-5-7-16(8-6-15)24(20,21)19-12-17(13-22-3)9-4-10-18-17;/h5-8,14,18-19H,4,9-13H2,1-3H3;1H. The van der Waals surface area contributed by atoms with E-state index in [-0.39, 0.29) is 22.8 Å². The maximum absolute atomic E-state index is 12.5. The van der Waals surface area contributed by atoms with Gasteiger partial charge in [0, 0.05) is 13.7 Å². The van der Waals surface area contributed by atoms with Crippen LogP contribution in [0.5, 0.6) is 5.75 Å². The average Bonchev–Trinajstić information content (AvgIpc) is 3.01. The molecule has 2 N–H and O–H groups in total. The van der Waals surface area contributed by atoms with Crippen molar-refractivity contribution in [1.29, 1.82) is 0 Å². The predicted molar refractivity (Wildman–Crippen MR) is 101 cm³/mol. The van der Waals surface area contributed by atoms with Crippen LogP contribution in [-0.4, -0.2) is 47.4 Å². The number of ether oxygens (including phenoxy) is 2. The van der Waals surface area contributed by atoms with Crippen LogP contribution in [0.25, 0.3) is 0 Å². The van der Waals surface area contributed by atoms with Crippen LogP contribution in [0.2, 0.25) is 0 Å². The fraction of sp³-hybridized carbons (Fsp3) is 0.647. The molecule has 1 unspecified atom stereocenters. The molecule has 25 heavy (non-hydrogen) atoms. The van der Waals surface area contributed by atoms with Crippen LogP contribution in [0.15, 0.2) is 29.2 Å². The van der Waals surface area contributed by atoms with E-state index < -0.39 is 10.0 Å². The summed E-state index contributed by atoms with van der Waals surface area (Å²) in [5, 5.41) is 3.36. The summed E-state index contributed by atoms with van der Waals surface area (Å²) < 4.78 is 38.5. The van der Waals surface area contributed by atoms with Crippen molar-refractivity contribution in [3.8, 4) is 5.75 Å². The third kappa shape index (κ3) is 6.42. The van der Waals surface area contributed by atoms with Gasteiger partial charge in [0.1, 0.15) is 5.75 Å². The molecule has 0 amide bonds. The number of nitrogens with one attached hydrogen (secondary N) is 2.